The third kappa shape index (κ3) is 4.10. The number of hydrogen-bond donors (Lipinski definition) is 1. The fraction of sp³-hybridized carbons (Fsp3) is 0.387. The van der Waals surface area contributed by atoms with Crippen LogP contribution in [0.25, 0.3) is 32.9 Å². The van der Waals surface area contributed by atoms with Crippen LogP contribution in [-0.4, -0.2) is 76.3 Å². The van der Waals surface area contributed by atoms with E-state index in [0.29, 0.717) is 60.5 Å². The minimum Gasteiger partial charge on any atom is -0.461 e. The van der Waals surface area contributed by atoms with Gasteiger partial charge in [0.15, 0.2) is 5.82 Å². The van der Waals surface area contributed by atoms with Crippen LogP contribution in [0.4, 0.5) is 10.2 Å². The Hall–Kier alpha value is -4.02. The van der Waals surface area contributed by atoms with Crippen LogP contribution < -0.4 is 15.5 Å². The number of piperazine rings is 1. The van der Waals surface area contributed by atoms with Gasteiger partial charge < -0.3 is 9.64 Å². The number of nitrogens with zero attached hydrogens (tertiary/aromatic N) is 6. The lowest BCUT2D eigenvalue weighted by atomic mass is 9.95. The highest BCUT2D eigenvalue weighted by Crippen LogP contribution is 2.40. The lowest BCUT2D eigenvalue weighted by molar-refractivity contribution is 0.108. The molecular weight excluding hydrogens is 505 g/mol. The van der Waals surface area contributed by atoms with Gasteiger partial charge in [-0.15, -0.1) is 6.42 Å². The minimum absolute atomic E-state index is 0.0188. The molecule has 0 amide bonds. The molecule has 0 saturated carbocycles. The van der Waals surface area contributed by atoms with Crippen molar-refractivity contribution >= 4 is 27.5 Å². The van der Waals surface area contributed by atoms with Gasteiger partial charge >= 0.3 is 6.01 Å². The minimum atomic E-state index is -0.561. The molecule has 3 saturated heterocycles. The summed E-state index contributed by atoms with van der Waals surface area (Å²) < 4.78 is 22.8. The van der Waals surface area contributed by atoms with Crippen LogP contribution in [-0.2, 0) is 0 Å². The van der Waals surface area contributed by atoms with Gasteiger partial charge in [-0.1, -0.05) is 30.2 Å². The van der Waals surface area contributed by atoms with Crippen molar-refractivity contribution in [2.75, 3.05) is 50.8 Å². The van der Waals surface area contributed by atoms with E-state index in [9.17, 15) is 0 Å². The Kier molecular flexibility index (Phi) is 6.16. The quantitative estimate of drug-likeness (QED) is 0.307. The summed E-state index contributed by atoms with van der Waals surface area (Å²) in [4.78, 5) is 18.6. The topological polar surface area (TPSA) is 83.6 Å². The second kappa shape index (κ2) is 9.87. The Morgan fingerprint density at radius 1 is 1.10 bits per heavy atom. The molecule has 2 N–H and O–H groups in total. The summed E-state index contributed by atoms with van der Waals surface area (Å²) >= 11 is 0. The van der Waals surface area contributed by atoms with Crippen molar-refractivity contribution in [3.8, 4) is 29.6 Å². The third-order valence-electron chi connectivity index (χ3n) is 8.70. The first kappa shape index (κ1) is 25.0. The molecule has 3 aliphatic heterocycles. The highest BCUT2D eigenvalue weighted by atomic mass is 19.1. The summed E-state index contributed by atoms with van der Waals surface area (Å²) in [5.41, 5.74) is 1.40. The normalized spacial score (nSPS) is 19.1. The SMILES string of the molecule is C#Cc1cccc2cc#cc(-c3ncc4c(N5CCN(N)CC5)nc(OCC56CCCN5CCC6)nc4c3F)c12. The molecule has 40 heavy (non-hydrogen) atoms. The molecule has 8 nitrogen and oxygen atoms in total. The maximum absolute atomic E-state index is 16.5. The second-order valence-electron chi connectivity index (χ2n) is 10.9. The Morgan fingerprint density at radius 2 is 1.90 bits per heavy atom. The monoisotopic (exact) mass is 535 g/mol. The van der Waals surface area contributed by atoms with Crippen molar-refractivity contribution in [1.82, 2.24) is 24.9 Å². The van der Waals surface area contributed by atoms with Crippen LogP contribution >= 0.6 is 0 Å². The number of hydrazine groups is 1. The van der Waals surface area contributed by atoms with Crippen LogP contribution in [0.5, 0.6) is 6.01 Å². The molecule has 5 heterocycles. The van der Waals surface area contributed by atoms with E-state index in [0.717, 1.165) is 31.3 Å². The van der Waals surface area contributed by atoms with E-state index in [1.807, 2.05) is 18.2 Å². The molecule has 0 unspecified atom stereocenters. The number of rotatable bonds is 5. The summed E-state index contributed by atoms with van der Waals surface area (Å²) in [5.74, 6) is 8.77. The van der Waals surface area contributed by atoms with Gasteiger partial charge in [0.2, 0.25) is 0 Å². The van der Waals surface area contributed by atoms with E-state index < -0.39 is 5.82 Å². The average Bonchev–Trinajstić information content (AvgIpc) is 3.57. The first-order chi connectivity index (χ1) is 19.6. The van der Waals surface area contributed by atoms with Crippen molar-refractivity contribution in [2.24, 2.45) is 5.84 Å². The molecule has 3 fully saturated rings. The molecule has 0 atom stereocenters. The molecule has 2 aromatic heterocycles. The van der Waals surface area contributed by atoms with Gasteiger partial charge in [-0.25, -0.2) is 9.40 Å². The molecule has 0 bridgehead atoms. The van der Waals surface area contributed by atoms with E-state index in [4.69, 9.17) is 22.0 Å². The zero-order chi connectivity index (χ0) is 27.3. The number of halogens is 1. The number of hydrogen-bond acceptors (Lipinski definition) is 8. The zero-order valence-electron chi connectivity index (χ0n) is 22.3. The number of benzene rings is 1. The van der Waals surface area contributed by atoms with Gasteiger partial charge in [0.25, 0.3) is 0 Å². The fourth-order valence-corrected chi connectivity index (χ4v) is 6.61. The number of fused-ring (bicyclic) bond motifs is 3. The maximum Gasteiger partial charge on any atom is 0.319 e. The van der Waals surface area contributed by atoms with Crippen LogP contribution in [0.2, 0.25) is 0 Å². The molecule has 4 aromatic rings. The highest BCUT2D eigenvalue weighted by molar-refractivity contribution is 6.01. The van der Waals surface area contributed by atoms with Crippen molar-refractivity contribution < 1.29 is 9.13 Å². The lowest BCUT2D eigenvalue weighted by Gasteiger charge is -2.34. The number of pyridine rings is 1. The van der Waals surface area contributed by atoms with E-state index >= 15 is 4.39 Å². The van der Waals surface area contributed by atoms with Crippen molar-refractivity contribution in [3.05, 3.63) is 54.0 Å². The number of nitrogens with two attached hydrogens (primary N) is 1. The first-order valence-corrected chi connectivity index (χ1v) is 13.9. The van der Waals surface area contributed by atoms with Crippen LogP contribution in [0.3, 0.4) is 0 Å². The van der Waals surface area contributed by atoms with Crippen LogP contribution in [0, 0.1) is 30.3 Å². The summed E-state index contributed by atoms with van der Waals surface area (Å²) in [6, 6.07) is 13.6. The summed E-state index contributed by atoms with van der Waals surface area (Å²) in [6.45, 7) is 5.33. The van der Waals surface area contributed by atoms with Crippen molar-refractivity contribution in [1.29, 1.82) is 0 Å². The van der Waals surface area contributed by atoms with E-state index in [1.54, 1.807) is 17.3 Å². The molecule has 9 heteroatoms. The fourth-order valence-electron chi connectivity index (χ4n) is 6.61. The van der Waals surface area contributed by atoms with Gasteiger partial charge in [0.05, 0.1) is 16.5 Å². The predicted molar refractivity (Wildman–Crippen MR) is 152 cm³/mol. The van der Waals surface area contributed by atoms with Crippen molar-refractivity contribution in [3.63, 3.8) is 0 Å². The van der Waals surface area contributed by atoms with Gasteiger partial charge in [-0.2, -0.15) is 9.97 Å². The Bertz CT molecular complexity index is 1630. The van der Waals surface area contributed by atoms with E-state index in [-0.39, 0.29) is 22.8 Å². The molecule has 2 aromatic carbocycles. The smallest absolute Gasteiger partial charge is 0.319 e. The maximum atomic E-state index is 16.5. The summed E-state index contributed by atoms with van der Waals surface area (Å²) in [6.07, 6.45) is 12.0. The number of terminal acetylenes is 1. The number of aromatic nitrogens is 3. The molecule has 0 aliphatic carbocycles. The van der Waals surface area contributed by atoms with Gasteiger partial charge in [-0.05, 0) is 56.3 Å². The Morgan fingerprint density at radius 3 is 2.67 bits per heavy atom. The molecule has 0 radical (unpaired) electrons. The Labute approximate surface area is 232 Å². The van der Waals surface area contributed by atoms with Gasteiger partial charge in [0.1, 0.15) is 23.6 Å². The standard InChI is InChI=1S/C31H30FN7O/c1-2-21-7-3-8-22-9-4-10-23(25(21)22)27-26(32)28-24(19-34-27)29(37-15-17-39(33)18-16-37)36-30(35-28)40-20-31-11-5-13-38(31)14-6-12-31/h1,3,7-9,19H,5-6,11-18,20,33H2. The second-order valence-corrected chi connectivity index (χ2v) is 10.9. The van der Waals surface area contributed by atoms with E-state index in [1.165, 1.54) is 12.8 Å². The molecular formula is C31H30FN7O. The lowest BCUT2D eigenvalue weighted by Crippen LogP contribution is -2.49. The van der Waals surface area contributed by atoms with Gasteiger partial charge in [-0.3, -0.25) is 15.7 Å². The zero-order valence-corrected chi connectivity index (χ0v) is 22.3. The first-order valence-electron chi connectivity index (χ1n) is 13.9. The average molecular weight is 536 g/mol. The molecule has 0 spiro atoms. The number of anilines is 1. The Balaban J connectivity index is 1.35. The summed E-state index contributed by atoms with van der Waals surface area (Å²) in [7, 11) is 0. The summed E-state index contributed by atoms with van der Waals surface area (Å²) in [5, 5.41) is 3.86. The van der Waals surface area contributed by atoms with Gasteiger partial charge in [0, 0.05) is 43.3 Å². The third-order valence-corrected chi connectivity index (χ3v) is 8.70. The largest absolute Gasteiger partial charge is 0.461 e. The predicted octanol–water partition coefficient (Wildman–Crippen LogP) is 3.57. The molecule has 202 valence electrons. The van der Waals surface area contributed by atoms with Crippen LogP contribution in [0.1, 0.15) is 31.2 Å². The van der Waals surface area contributed by atoms with Crippen molar-refractivity contribution in [2.45, 2.75) is 31.2 Å². The number of ether oxygens (including phenoxy) is 1. The van der Waals surface area contributed by atoms with E-state index in [2.05, 4.69) is 37.8 Å². The van der Waals surface area contributed by atoms with Crippen LogP contribution in [0.15, 0.2) is 30.5 Å². The highest BCUT2D eigenvalue weighted by Gasteiger charge is 2.45. The molecule has 3 aliphatic rings. The molecule has 7 rings (SSSR count).